The van der Waals surface area contributed by atoms with Gasteiger partial charge in [-0.3, -0.25) is 9.59 Å². The summed E-state index contributed by atoms with van der Waals surface area (Å²) in [4.78, 5) is 23.9. The number of nitrogens with one attached hydrogen (secondary N) is 1. The molecular formula is C20H18IN3O3. The van der Waals surface area contributed by atoms with E-state index in [0.717, 1.165) is 25.7 Å². The summed E-state index contributed by atoms with van der Waals surface area (Å²) in [6.45, 7) is 2.02. The molecule has 3 aromatic rings. The maximum atomic E-state index is 12.2. The van der Waals surface area contributed by atoms with Crippen LogP contribution in [0.5, 0.6) is 0 Å². The maximum Gasteiger partial charge on any atom is 0.325 e. The highest BCUT2D eigenvalue weighted by Crippen LogP contribution is 2.24. The number of carbonyl (C=O) groups excluding carboxylic acids is 2. The molecule has 7 heteroatoms. The molecule has 0 radical (unpaired) electrons. The number of methoxy groups -OCH3 is 1. The van der Waals surface area contributed by atoms with Crippen LogP contribution in [-0.4, -0.2) is 29.8 Å². The molecule has 3 rings (SSSR count). The molecule has 1 N–H and O–H groups in total. The van der Waals surface area contributed by atoms with Crippen molar-refractivity contribution in [1.29, 1.82) is 0 Å². The molecule has 0 bridgehead atoms. The van der Waals surface area contributed by atoms with Crippen LogP contribution in [-0.2, 0) is 16.1 Å². The normalized spacial score (nSPS) is 11.1. The lowest BCUT2D eigenvalue weighted by Gasteiger charge is -2.06. The van der Waals surface area contributed by atoms with Crippen molar-refractivity contribution in [2.24, 2.45) is 5.10 Å². The van der Waals surface area contributed by atoms with Gasteiger partial charge in [-0.25, -0.2) is 5.43 Å². The summed E-state index contributed by atoms with van der Waals surface area (Å²) in [6, 6.07) is 15.0. The van der Waals surface area contributed by atoms with Crippen LogP contribution >= 0.6 is 22.6 Å². The van der Waals surface area contributed by atoms with Gasteiger partial charge in [-0.2, -0.15) is 5.10 Å². The first kappa shape index (κ1) is 19.1. The molecule has 0 aliphatic carbocycles. The second-order valence-corrected chi connectivity index (χ2v) is 7.13. The van der Waals surface area contributed by atoms with Crippen molar-refractivity contribution in [3.8, 4) is 0 Å². The summed E-state index contributed by atoms with van der Waals surface area (Å²) < 4.78 is 7.72. The van der Waals surface area contributed by atoms with Crippen LogP contribution in [0.1, 0.15) is 21.6 Å². The monoisotopic (exact) mass is 475 g/mol. The molecule has 0 atom stereocenters. The first-order valence-corrected chi connectivity index (χ1v) is 9.32. The third-order valence-corrected chi connectivity index (χ3v) is 4.98. The molecule has 0 saturated heterocycles. The Bertz CT molecular complexity index is 1020. The van der Waals surface area contributed by atoms with Gasteiger partial charge in [-0.15, -0.1) is 0 Å². The van der Waals surface area contributed by atoms with Crippen molar-refractivity contribution in [2.45, 2.75) is 13.5 Å². The second-order valence-electron chi connectivity index (χ2n) is 5.88. The molecule has 0 saturated carbocycles. The van der Waals surface area contributed by atoms with E-state index in [0.29, 0.717) is 5.56 Å². The summed E-state index contributed by atoms with van der Waals surface area (Å²) in [5, 5.41) is 5.06. The number of benzene rings is 2. The fraction of sp³-hybridized carbons (Fsp3) is 0.150. The van der Waals surface area contributed by atoms with Gasteiger partial charge in [0.2, 0.25) is 0 Å². The standard InChI is InChI=1S/C20H18IN3O3/c1-13-17(11-22-23-20(26)14-7-9-15(21)10-8-14)16-5-3-4-6-18(16)24(13)12-19(25)27-2/h3-11H,12H2,1-2H3,(H,23,26)/b22-11-. The van der Waals surface area contributed by atoms with Gasteiger partial charge in [0.05, 0.1) is 13.3 Å². The van der Waals surface area contributed by atoms with E-state index < -0.39 is 0 Å². The average molecular weight is 475 g/mol. The minimum absolute atomic E-state index is 0.117. The smallest absolute Gasteiger partial charge is 0.325 e. The summed E-state index contributed by atoms with van der Waals surface area (Å²) in [6.07, 6.45) is 1.61. The Hall–Kier alpha value is -2.68. The van der Waals surface area contributed by atoms with Crippen LogP contribution in [0.15, 0.2) is 53.6 Å². The first-order valence-electron chi connectivity index (χ1n) is 8.25. The van der Waals surface area contributed by atoms with E-state index in [1.807, 2.05) is 47.9 Å². The van der Waals surface area contributed by atoms with Crippen molar-refractivity contribution in [1.82, 2.24) is 9.99 Å². The zero-order valence-corrected chi connectivity index (χ0v) is 17.1. The van der Waals surface area contributed by atoms with Crippen LogP contribution in [0.25, 0.3) is 10.9 Å². The fourth-order valence-electron chi connectivity index (χ4n) is 2.84. The van der Waals surface area contributed by atoms with Gasteiger partial charge in [-0.05, 0) is 59.8 Å². The number of rotatable bonds is 5. The van der Waals surface area contributed by atoms with Crippen molar-refractivity contribution in [3.05, 3.63) is 68.9 Å². The minimum atomic E-state index is -0.325. The van der Waals surface area contributed by atoms with Gasteiger partial charge in [0, 0.05) is 31.3 Å². The lowest BCUT2D eigenvalue weighted by Crippen LogP contribution is -2.17. The quantitative estimate of drug-likeness (QED) is 0.266. The van der Waals surface area contributed by atoms with Crippen molar-refractivity contribution in [3.63, 3.8) is 0 Å². The van der Waals surface area contributed by atoms with Gasteiger partial charge < -0.3 is 9.30 Å². The van der Waals surface area contributed by atoms with Crippen molar-refractivity contribution >= 4 is 51.6 Å². The van der Waals surface area contributed by atoms with Crippen LogP contribution in [0, 0.1) is 10.5 Å². The molecule has 1 heterocycles. The number of nitrogens with zero attached hydrogens (tertiary/aromatic N) is 2. The molecule has 0 spiro atoms. The summed E-state index contributed by atoms with van der Waals surface area (Å²) in [5.41, 5.74) is 5.71. The molecule has 6 nitrogen and oxygen atoms in total. The molecule has 0 fully saturated rings. The average Bonchev–Trinajstić information content (AvgIpc) is 2.94. The number of para-hydroxylation sites is 1. The topological polar surface area (TPSA) is 72.7 Å². The van der Waals surface area contributed by atoms with E-state index >= 15 is 0 Å². The Labute approximate surface area is 170 Å². The number of halogens is 1. The van der Waals surface area contributed by atoms with E-state index in [-0.39, 0.29) is 18.4 Å². The first-order chi connectivity index (χ1) is 13.0. The number of hydrogen-bond donors (Lipinski definition) is 1. The lowest BCUT2D eigenvalue weighted by atomic mass is 10.1. The van der Waals surface area contributed by atoms with E-state index in [2.05, 4.69) is 33.1 Å². The Morgan fingerprint density at radius 2 is 1.89 bits per heavy atom. The fourth-order valence-corrected chi connectivity index (χ4v) is 3.20. The second kappa shape index (κ2) is 8.34. The third-order valence-electron chi connectivity index (χ3n) is 4.26. The molecule has 1 aromatic heterocycles. The zero-order valence-electron chi connectivity index (χ0n) is 14.9. The SMILES string of the molecule is COC(=O)Cn1c(C)c(/C=N\NC(=O)c2ccc(I)cc2)c2ccccc21. The Morgan fingerprint density at radius 3 is 2.59 bits per heavy atom. The number of ether oxygens (including phenoxy) is 1. The largest absolute Gasteiger partial charge is 0.468 e. The van der Waals surface area contributed by atoms with Crippen molar-refractivity contribution < 1.29 is 14.3 Å². The molecular weight excluding hydrogens is 457 g/mol. The highest BCUT2D eigenvalue weighted by atomic mass is 127. The number of carbonyl (C=O) groups is 2. The Kier molecular flexibility index (Phi) is 5.90. The predicted molar refractivity (Wildman–Crippen MR) is 113 cm³/mol. The maximum absolute atomic E-state index is 12.2. The van der Waals surface area contributed by atoms with E-state index in [1.54, 1.807) is 18.3 Å². The molecule has 0 unspecified atom stereocenters. The molecule has 0 aliphatic rings. The molecule has 27 heavy (non-hydrogen) atoms. The van der Waals surface area contributed by atoms with Crippen LogP contribution < -0.4 is 5.43 Å². The number of fused-ring (bicyclic) bond motifs is 1. The Balaban J connectivity index is 1.87. The van der Waals surface area contributed by atoms with Crippen LogP contribution in [0.4, 0.5) is 0 Å². The zero-order chi connectivity index (χ0) is 19.4. The van der Waals surface area contributed by atoms with Gasteiger partial charge >= 0.3 is 5.97 Å². The highest BCUT2D eigenvalue weighted by molar-refractivity contribution is 14.1. The predicted octanol–water partition coefficient (Wildman–Crippen LogP) is 3.49. The molecule has 0 aliphatic heterocycles. The van der Waals surface area contributed by atoms with Gasteiger partial charge in [0.15, 0.2) is 0 Å². The number of hydrazone groups is 1. The number of aromatic nitrogens is 1. The number of hydrogen-bond acceptors (Lipinski definition) is 4. The summed E-state index contributed by atoms with van der Waals surface area (Å²) in [7, 11) is 1.37. The third kappa shape index (κ3) is 4.19. The van der Waals surface area contributed by atoms with E-state index in [1.165, 1.54) is 7.11 Å². The van der Waals surface area contributed by atoms with Gasteiger partial charge in [0.1, 0.15) is 6.54 Å². The van der Waals surface area contributed by atoms with E-state index in [9.17, 15) is 9.59 Å². The lowest BCUT2D eigenvalue weighted by molar-refractivity contribution is -0.141. The van der Waals surface area contributed by atoms with Crippen molar-refractivity contribution in [2.75, 3.05) is 7.11 Å². The van der Waals surface area contributed by atoms with Crippen LogP contribution in [0.3, 0.4) is 0 Å². The summed E-state index contributed by atoms with van der Waals surface area (Å²) >= 11 is 2.18. The highest BCUT2D eigenvalue weighted by Gasteiger charge is 2.15. The van der Waals surface area contributed by atoms with E-state index in [4.69, 9.17) is 4.74 Å². The molecule has 2 aromatic carbocycles. The minimum Gasteiger partial charge on any atom is -0.468 e. The van der Waals surface area contributed by atoms with Gasteiger partial charge in [-0.1, -0.05) is 18.2 Å². The number of amides is 1. The molecule has 1 amide bonds. The molecule has 138 valence electrons. The van der Waals surface area contributed by atoms with Crippen LogP contribution in [0.2, 0.25) is 0 Å². The summed E-state index contributed by atoms with van der Waals surface area (Å²) in [5.74, 6) is -0.604. The van der Waals surface area contributed by atoms with Gasteiger partial charge in [0.25, 0.3) is 5.91 Å². The Morgan fingerprint density at radius 1 is 1.19 bits per heavy atom. The number of esters is 1.